The first-order valence-electron chi connectivity index (χ1n) is 8.10. The van der Waals surface area contributed by atoms with Crippen LogP contribution in [-0.2, 0) is 4.79 Å². The van der Waals surface area contributed by atoms with Crippen molar-refractivity contribution in [3.63, 3.8) is 0 Å². The molecule has 1 amide bonds. The first kappa shape index (κ1) is 22.3. The van der Waals surface area contributed by atoms with Crippen LogP contribution >= 0.6 is 47.0 Å². The van der Waals surface area contributed by atoms with Crippen LogP contribution in [-0.4, -0.2) is 28.1 Å². The van der Waals surface area contributed by atoms with Crippen molar-refractivity contribution in [1.29, 1.82) is 0 Å². The third kappa shape index (κ3) is 7.56. The molecule has 0 aliphatic rings. The Labute approximate surface area is 184 Å². The maximum Gasteiger partial charge on any atom is 0.245 e. The maximum absolute atomic E-state index is 12.2. The van der Waals surface area contributed by atoms with Gasteiger partial charge in [0.25, 0.3) is 0 Å². The topological polar surface area (TPSA) is 62.4 Å². The SMILES string of the molecule is COc1ccc(NC(=S)NC(NC(=O)/C=C/c2ccccc2)C(Cl)(Cl)Cl)cc1. The molecule has 148 valence electrons. The van der Waals surface area contributed by atoms with Gasteiger partial charge < -0.3 is 20.7 Å². The van der Waals surface area contributed by atoms with Crippen molar-refractivity contribution in [3.05, 3.63) is 66.2 Å². The molecule has 0 aliphatic carbocycles. The van der Waals surface area contributed by atoms with Gasteiger partial charge in [-0.25, -0.2) is 0 Å². The lowest BCUT2D eigenvalue weighted by Crippen LogP contribution is -2.55. The first-order valence-corrected chi connectivity index (χ1v) is 9.64. The molecule has 3 N–H and O–H groups in total. The molecular formula is C19H18Cl3N3O2S. The molecule has 9 heteroatoms. The number of nitrogens with one attached hydrogen (secondary N) is 3. The van der Waals surface area contributed by atoms with E-state index in [4.69, 9.17) is 51.8 Å². The molecule has 1 atom stereocenters. The lowest BCUT2D eigenvalue weighted by atomic mass is 10.2. The molecule has 0 radical (unpaired) electrons. The van der Waals surface area contributed by atoms with Gasteiger partial charge in [0.1, 0.15) is 11.9 Å². The van der Waals surface area contributed by atoms with Crippen molar-refractivity contribution in [3.8, 4) is 5.75 Å². The fraction of sp³-hybridized carbons (Fsp3) is 0.158. The zero-order valence-electron chi connectivity index (χ0n) is 14.8. The summed E-state index contributed by atoms with van der Waals surface area (Å²) in [5.41, 5.74) is 1.57. The molecule has 0 aliphatic heterocycles. The molecule has 1 unspecified atom stereocenters. The van der Waals surface area contributed by atoms with Crippen LogP contribution in [0.1, 0.15) is 5.56 Å². The predicted octanol–water partition coefficient (Wildman–Crippen LogP) is 4.51. The number of ether oxygens (including phenoxy) is 1. The third-order valence-electron chi connectivity index (χ3n) is 3.46. The Morgan fingerprint density at radius 2 is 1.71 bits per heavy atom. The van der Waals surface area contributed by atoms with E-state index in [0.717, 1.165) is 5.56 Å². The van der Waals surface area contributed by atoms with Gasteiger partial charge in [0.2, 0.25) is 9.70 Å². The Morgan fingerprint density at radius 3 is 2.29 bits per heavy atom. The molecule has 2 rings (SSSR count). The van der Waals surface area contributed by atoms with Gasteiger partial charge in [-0.05, 0) is 48.1 Å². The van der Waals surface area contributed by atoms with E-state index in [1.807, 2.05) is 30.3 Å². The number of carbonyl (C=O) groups is 1. The Hall–Kier alpha value is -1.99. The van der Waals surface area contributed by atoms with Crippen molar-refractivity contribution in [2.45, 2.75) is 9.96 Å². The number of methoxy groups -OCH3 is 1. The minimum Gasteiger partial charge on any atom is -0.497 e. The van der Waals surface area contributed by atoms with E-state index >= 15 is 0 Å². The van der Waals surface area contributed by atoms with Gasteiger partial charge in [-0.3, -0.25) is 4.79 Å². The Bertz CT molecular complexity index is 825. The van der Waals surface area contributed by atoms with Gasteiger partial charge in [0, 0.05) is 11.8 Å². The highest BCUT2D eigenvalue weighted by Gasteiger charge is 2.34. The molecule has 2 aromatic carbocycles. The highest BCUT2D eigenvalue weighted by atomic mass is 35.6. The van der Waals surface area contributed by atoms with Gasteiger partial charge in [0.05, 0.1) is 7.11 Å². The van der Waals surface area contributed by atoms with Gasteiger partial charge in [0.15, 0.2) is 5.11 Å². The molecule has 0 bridgehead atoms. The summed E-state index contributed by atoms with van der Waals surface area (Å²) in [5, 5.41) is 8.49. The normalized spacial score (nSPS) is 12.3. The van der Waals surface area contributed by atoms with Crippen LogP contribution in [0.4, 0.5) is 5.69 Å². The highest BCUT2D eigenvalue weighted by molar-refractivity contribution is 7.80. The largest absolute Gasteiger partial charge is 0.497 e. The summed E-state index contributed by atoms with van der Waals surface area (Å²) in [6, 6.07) is 16.4. The average Bonchev–Trinajstić information content (AvgIpc) is 2.66. The van der Waals surface area contributed by atoms with Gasteiger partial charge >= 0.3 is 0 Å². The fourth-order valence-corrected chi connectivity index (χ4v) is 2.66. The minimum atomic E-state index is -1.83. The van der Waals surface area contributed by atoms with Crippen LogP contribution in [0.2, 0.25) is 0 Å². The van der Waals surface area contributed by atoms with E-state index in [-0.39, 0.29) is 5.11 Å². The van der Waals surface area contributed by atoms with Crippen LogP contribution in [0.15, 0.2) is 60.7 Å². The van der Waals surface area contributed by atoms with Crippen molar-refractivity contribution < 1.29 is 9.53 Å². The Balaban J connectivity index is 1.97. The van der Waals surface area contributed by atoms with E-state index in [2.05, 4.69) is 16.0 Å². The van der Waals surface area contributed by atoms with Gasteiger partial charge in [-0.2, -0.15) is 0 Å². The second-order valence-electron chi connectivity index (χ2n) is 5.55. The summed E-state index contributed by atoms with van der Waals surface area (Å²) in [6.45, 7) is 0. The van der Waals surface area contributed by atoms with E-state index < -0.39 is 15.9 Å². The Morgan fingerprint density at radius 1 is 1.07 bits per heavy atom. The molecule has 0 heterocycles. The van der Waals surface area contributed by atoms with Crippen molar-refractivity contribution in [1.82, 2.24) is 10.6 Å². The predicted molar refractivity (Wildman–Crippen MR) is 120 cm³/mol. The molecule has 0 saturated carbocycles. The molecule has 0 spiro atoms. The maximum atomic E-state index is 12.2. The number of anilines is 1. The van der Waals surface area contributed by atoms with E-state index in [1.54, 1.807) is 37.5 Å². The fourth-order valence-electron chi connectivity index (χ4n) is 2.10. The zero-order chi connectivity index (χ0) is 20.6. The molecule has 0 aromatic heterocycles. The van der Waals surface area contributed by atoms with Crippen molar-refractivity contribution in [2.24, 2.45) is 0 Å². The summed E-state index contributed by atoms with van der Waals surface area (Å²) >= 11 is 23.2. The van der Waals surface area contributed by atoms with E-state index in [9.17, 15) is 4.79 Å². The monoisotopic (exact) mass is 457 g/mol. The van der Waals surface area contributed by atoms with E-state index in [0.29, 0.717) is 11.4 Å². The molecule has 2 aromatic rings. The Kier molecular flexibility index (Phi) is 8.38. The summed E-state index contributed by atoms with van der Waals surface area (Å²) in [4.78, 5) is 12.2. The van der Waals surface area contributed by atoms with Crippen LogP contribution in [0.3, 0.4) is 0 Å². The number of halogens is 3. The smallest absolute Gasteiger partial charge is 0.245 e. The number of rotatable bonds is 6. The minimum absolute atomic E-state index is 0.175. The van der Waals surface area contributed by atoms with Crippen LogP contribution in [0, 0.1) is 0 Å². The van der Waals surface area contributed by atoms with Gasteiger partial charge in [-0.15, -0.1) is 0 Å². The van der Waals surface area contributed by atoms with Crippen molar-refractivity contribution >= 4 is 69.8 Å². The summed E-state index contributed by atoms with van der Waals surface area (Å²) < 4.78 is 3.27. The van der Waals surface area contributed by atoms with E-state index in [1.165, 1.54) is 6.08 Å². The van der Waals surface area contributed by atoms with Crippen molar-refractivity contribution in [2.75, 3.05) is 12.4 Å². The number of amides is 1. The number of thiocarbonyl (C=S) groups is 1. The molecule has 28 heavy (non-hydrogen) atoms. The molecule has 0 saturated heterocycles. The molecular weight excluding hydrogens is 441 g/mol. The van der Waals surface area contributed by atoms with Crippen LogP contribution < -0.4 is 20.7 Å². The lowest BCUT2D eigenvalue weighted by Gasteiger charge is -2.27. The number of hydrogen-bond donors (Lipinski definition) is 3. The number of carbonyl (C=O) groups excluding carboxylic acids is 1. The summed E-state index contributed by atoms with van der Waals surface area (Å²) in [7, 11) is 1.58. The van der Waals surface area contributed by atoms with Gasteiger partial charge in [-0.1, -0.05) is 65.1 Å². The number of benzene rings is 2. The molecule has 0 fully saturated rings. The average molecular weight is 459 g/mol. The highest BCUT2D eigenvalue weighted by Crippen LogP contribution is 2.29. The first-order chi connectivity index (χ1) is 13.3. The molecule has 5 nitrogen and oxygen atoms in total. The standard InChI is InChI=1S/C19H18Cl3N3O2S/c1-27-15-10-8-14(9-11-15)23-18(28)25-17(19(20,21)22)24-16(26)12-7-13-5-3-2-4-6-13/h2-12,17H,1H3,(H,24,26)(H2,23,25,28)/b12-7+. The quantitative estimate of drug-likeness (QED) is 0.257. The number of alkyl halides is 3. The lowest BCUT2D eigenvalue weighted by molar-refractivity contribution is -0.117. The third-order valence-corrected chi connectivity index (χ3v) is 4.34. The zero-order valence-corrected chi connectivity index (χ0v) is 17.9. The van der Waals surface area contributed by atoms with Crippen LogP contribution in [0.25, 0.3) is 6.08 Å². The summed E-state index contributed by atoms with van der Waals surface area (Å²) in [6.07, 6.45) is 1.95. The summed E-state index contributed by atoms with van der Waals surface area (Å²) in [5.74, 6) is 0.265. The van der Waals surface area contributed by atoms with Crippen LogP contribution in [0.5, 0.6) is 5.75 Å². The second kappa shape index (κ2) is 10.5. The second-order valence-corrected chi connectivity index (χ2v) is 8.33. The number of hydrogen-bond acceptors (Lipinski definition) is 3.